The molecule has 2 aromatic carbocycles. The Balaban J connectivity index is 1.99. The fraction of sp³-hybridized carbons (Fsp3) is 0.440. The first-order valence-corrected chi connectivity index (χ1v) is 11.2. The molecule has 0 bridgehead atoms. The first kappa shape index (κ1) is 24.7. The van der Waals surface area contributed by atoms with E-state index < -0.39 is 6.04 Å². The van der Waals surface area contributed by atoms with Gasteiger partial charge in [-0.2, -0.15) is 0 Å². The molecule has 0 heterocycles. The topological polar surface area (TPSA) is 58.6 Å². The zero-order valence-corrected chi connectivity index (χ0v) is 19.6. The predicted octanol–water partition coefficient (Wildman–Crippen LogP) is 5.14. The first-order chi connectivity index (χ1) is 14.8. The molecule has 0 spiro atoms. The summed E-state index contributed by atoms with van der Waals surface area (Å²) in [4.78, 5) is 27.4. The van der Waals surface area contributed by atoms with Crippen molar-refractivity contribution in [1.82, 2.24) is 10.2 Å². The van der Waals surface area contributed by atoms with E-state index in [4.69, 9.17) is 16.3 Å². The number of nitrogens with zero attached hydrogens (tertiary/aromatic N) is 1. The highest BCUT2D eigenvalue weighted by Gasteiger charge is 2.26. The predicted molar refractivity (Wildman–Crippen MR) is 125 cm³/mol. The normalized spacial score (nSPS) is 12.7. The molecule has 0 saturated heterocycles. The van der Waals surface area contributed by atoms with E-state index in [-0.39, 0.29) is 17.9 Å². The van der Waals surface area contributed by atoms with Crippen LogP contribution in [-0.4, -0.2) is 35.4 Å². The number of aryl methyl sites for hydroxylation is 1. The van der Waals surface area contributed by atoms with E-state index in [1.165, 1.54) is 0 Å². The van der Waals surface area contributed by atoms with Crippen molar-refractivity contribution >= 4 is 23.4 Å². The van der Waals surface area contributed by atoms with Crippen LogP contribution in [0.5, 0.6) is 5.75 Å². The Morgan fingerprint density at radius 2 is 1.71 bits per heavy atom. The average Bonchev–Trinajstić information content (AvgIpc) is 2.76. The molecule has 0 aromatic heterocycles. The van der Waals surface area contributed by atoms with Crippen LogP contribution in [0.1, 0.15) is 51.2 Å². The number of rotatable bonds is 11. The highest BCUT2D eigenvalue weighted by molar-refractivity contribution is 6.30. The summed E-state index contributed by atoms with van der Waals surface area (Å²) < 4.78 is 5.69. The molecule has 2 unspecified atom stereocenters. The van der Waals surface area contributed by atoms with Crippen LogP contribution < -0.4 is 10.1 Å². The fourth-order valence-corrected chi connectivity index (χ4v) is 3.15. The van der Waals surface area contributed by atoms with Crippen LogP contribution >= 0.6 is 11.6 Å². The highest BCUT2D eigenvalue weighted by atomic mass is 35.5. The Labute approximate surface area is 190 Å². The molecule has 2 rings (SSSR count). The summed E-state index contributed by atoms with van der Waals surface area (Å²) in [7, 11) is 0. The molecule has 6 heteroatoms. The van der Waals surface area contributed by atoms with Crippen LogP contribution in [0.4, 0.5) is 0 Å². The summed E-state index contributed by atoms with van der Waals surface area (Å²) in [6, 6.07) is 14.7. The van der Waals surface area contributed by atoms with Crippen molar-refractivity contribution < 1.29 is 14.3 Å². The van der Waals surface area contributed by atoms with Crippen LogP contribution in [0, 0.1) is 6.92 Å². The molecule has 0 aliphatic carbocycles. The monoisotopic (exact) mass is 444 g/mol. The lowest BCUT2D eigenvalue weighted by atomic mass is 10.1. The van der Waals surface area contributed by atoms with Gasteiger partial charge in [-0.3, -0.25) is 9.59 Å². The van der Waals surface area contributed by atoms with E-state index >= 15 is 0 Å². The molecule has 2 aromatic rings. The van der Waals surface area contributed by atoms with Crippen molar-refractivity contribution in [2.45, 2.75) is 65.6 Å². The van der Waals surface area contributed by atoms with Gasteiger partial charge in [0.05, 0.1) is 6.61 Å². The zero-order chi connectivity index (χ0) is 22.8. The second-order valence-electron chi connectivity index (χ2n) is 7.91. The van der Waals surface area contributed by atoms with Gasteiger partial charge in [0.25, 0.3) is 0 Å². The van der Waals surface area contributed by atoms with E-state index in [2.05, 4.69) is 5.32 Å². The molecule has 2 amide bonds. The van der Waals surface area contributed by atoms with Crippen LogP contribution in [0.25, 0.3) is 0 Å². The summed E-state index contributed by atoms with van der Waals surface area (Å²) in [6.45, 7) is 8.60. The van der Waals surface area contributed by atoms with Gasteiger partial charge in [-0.25, -0.2) is 0 Å². The summed E-state index contributed by atoms with van der Waals surface area (Å²) >= 11 is 5.88. The second-order valence-corrected chi connectivity index (χ2v) is 8.34. The van der Waals surface area contributed by atoms with Crippen LogP contribution in [0.2, 0.25) is 5.02 Å². The third kappa shape index (κ3) is 8.25. The molecule has 5 nitrogen and oxygen atoms in total. The number of ether oxygens (including phenoxy) is 1. The van der Waals surface area contributed by atoms with Gasteiger partial charge in [-0.05, 0) is 63.4 Å². The van der Waals surface area contributed by atoms with Crippen molar-refractivity contribution in [3.8, 4) is 5.75 Å². The maximum absolute atomic E-state index is 13.0. The van der Waals surface area contributed by atoms with E-state index in [1.54, 1.807) is 36.1 Å². The molecular weight excluding hydrogens is 412 g/mol. The molecular formula is C25H33ClN2O3. The van der Waals surface area contributed by atoms with Crippen molar-refractivity contribution in [2.24, 2.45) is 0 Å². The summed E-state index contributed by atoms with van der Waals surface area (Å²) in [5, 5.41) is 3.64. The lowest BCUT2D eigenvalue weighted by Gasteiger charge is -2.30. The number of hydrogen-bond acceptors (Lipinski definition) is 3. The zero-order valence-electron chi connectivity index (χ0n) is 18.9. The largest absolute Gasteiger partial charge is 0.494 e. The molecule has 2 atom stereocenters. The quantitative estimate of drug-likeness (QED) is 0.488. The van der Waals surface area contributed by atoms with Gasteiger partial charge >= 0.3 is 0 Å². The van der Waals surface area contributed by atoms with Crippen molar-refractivity contribution in [3.05, 3.63) is 64.7 Å². The van der Waals surface area contributed by atoms with Gasteiger partial charge in [0, 0.05) is 24.0 Å². The third-order valence-electron chi connectivity index (χ3n) is 5.26. The Kier molecular flexibility index (Phi) is 9.86. The van der Waals surface area contributed by atoms with E-state index in [9.17, 15) is 9.59 Å². The number of benzene rings is 2. The molecule has 1 N–H and O–H groups in total. The van der Waals surface area contributed by atoms with Crippen molar-refractivity contribution in [3.63, 3.8) is 0 Å². The highest BCUT2D eigenvalue weighted by Crippen LogP contribution is 2.17. The van der Waals surface area contributed by atoms with Crippen molar-refractivity contribution in [2.75, 3.05) is 6.61 Å². The standard InChI is InChI=1S/C25H33ClN2O3/c1-5-19(3)27-25(30)20(4)28(17-21-10-8-18(2)9-11-21)24(29)7-6-16-31-23-14-12-22(26)13-15-23/h8-15,19-20H,5-7,16-17H2,1-4H3,(H,27,30). The molecule has 0 radical (unpaired) electrons. The number of nitrogens with one attached hydrogen (secondary N) is 1. The van der Waals surface area contributed by atoms with Crippen LogP contribution in [0.15, 0.2) is 48.5 Å². The minimum absolute atomic E-state index is 0.0629. The summed E-state index contributed by atoms with van der Waals surface area (Å²) in [5.41, 5.74) is 2.16. The smallest absolute Gasteiger partial charge is 0.242 e. The SMILES string of the molecule is CCC(C)NC(=O)C(C)N(Cc1ccc(C)cc1)C(=O)CCCOc1ccc(Cl)cc1. The molecule has 0 saturated carbocycles. The van der Waals surface area contributed by atoms with Gasteiger partial charge in [0.2, 0.25) is 11.8 Å². The third-order valence-corrected chi connectivity index (χ3v) is 5.51. The summed E-state index contributed by atoms with van der Waals surface area (Å²) in [5.74, 6) is 0.522. The van der Waals surface area contributed by atoms with E-state index in [0.29, 0.717) is 31.0 Å². The van der Waals surface area contributed by atoms with Gasteiger partial charge < -0.3 is 15.0 Å². The van der Waals surface area contributed by atoms with E-state index in [1.807, 2.05) is 45.0 Å². The van der Waals surface area contributed by atoms with Gasteiger partial charge in [-0.1, -0.05) is 48.4 Å². The average molecular weight is 445 g/mol. The Morgan fingerprint density at radius 1 is 1.06 bits per heavy atom. The lowest BCUT2D eigenvalue weighted by molar-refractivity contribution is -0.141. The van der Waals surface area contributed by atoms with Crippen LogP contribution in [-0.2, 0) is 16.1 Å². The number of carbonyl (C=O) groups is 2. The minimum Gasteiger partial charge on any atom is -0.494 e. The maximum atomic E-state index is 13.0. The number of carbonyl (C=O) groups excluding carboxylic acids is 2. The Hall–Kier alpha value is -2.53. The minimum atomic E-state index is -0.556. The van der Waals surface area contributed by atoms with Gasteiger partial charge in [0.15, 0.2) is 0 Å². The van der Waals surface area contributed by atoms with Gasteiger partial charge in [0.1, 0.15) is 11.8 Å². The number of hydrogen-bond donors (Lipinski definition) is 1. The Morgan fingerprint density at radius 3 is 2.32 bits per heavy atom. The molecule has 31 heavy (non-hydrogen) atoms. The molecule has 0 aliphatic heterocycles. The lowest BCUT2D eigenvalue weighted by Crippen LogP contribution is -2.49. The van der Waals surface area contributed by atoms with E-state index in [0.717, 1.165) is 23.3 Å². The van der Waals surface area contributed by atoms with Crippen molar-refractivity contribution in [1.29, 1.82) is 0 Å². The van der Waals surface area contributed by atoms with Crippen LogP contribution in [0.3, 0.4) is 0 Å². The van der Waals surface area contributed by atoms with Gasteiger partial charge in [-0.15, -0.1) is 0 Å². The number of halogens is 1. The summed E-state index contributed by atoms with van der Waals surface area (Å²) in [6.07, 6.45) is 1.71. The first-order valence-electron chi connectivity index (χ1n) is 10.8. The molecule has 0 aliphatic rings. The Bertz CT molecular complexity index is 837. The molecule has 168 valence electrons. The molecule has 0 fully saturated rings. The maximum Gasteiger partial charge on any atom is 0.242 e. The number of amides is 2. The second kappa shape index (κ2) is 12.4. The fourth-order valence-electron chi connectivity index (χ4n) is 3.03.